The predicted molar refractivity (Wildman–Crippen MR) is 84.9 cm³/mol. The maximum Gasteiger partial charge on any atom is 0.315 e. The number of carbonyl (C=O) groups excluding carboxylic acids is 1. The number of nitrogens with two attached hydrogens (primary N) is 1. The molecule has 0 saturated heterocycles. The monoisotopic (exact) mass is 316 g/mol. The minimum Gasteiger partial charge on any atom is -0.351 e. The summed E-state index contributed by atoms with van der Waals surface area (Å²) in [6, 6.07) is 13.0. The summed E-state index contributed by atoms with van der Waals surface area (Å²) in [5.74, 6) is -0.367. The van der Waals surface area contributed by atoms with Crippen LogP contribution in [-0.4, -0.2) is 17.5 Å². The third-order valence-corrected chi connectivity index (χ3v) is 3.97. The fourth-order valence-corrected chi connectivity index (χ4v) is 2.85. The summed E-state index contributed by atoms with van der Waals surface area (Å²) >= 11 is 5.95. The number of benzene rings is 2. The normalized spacial score (nSPS) is 17.5. The molecule has 112 valence electrons. The van der Waals surface area contributed by atoms with E-state index in [1.54, 1.807) is 6.07 Å². The standard InChI is InChI=1S/C17H14ClFN2O/c18-13-6-7-15(19)14(9-13)12-8-16(21(10-12)17(20)22)11-4-2-1-3-5-11/h1-9,16H,10H2,(H2,20,22). The van der Waals surface area contributed by atoms with Gasteiger partial charge < -0.3 is 10.6 Å². The van der Waals surface area contributed by atoms with E-state index in [1.807, 2.05) is 36.4 Å². The highest BCUT2D eigenvalue weighted by Gasteiger charge is 2.30. The van der Waals surface area contributed by atoms with Gasteiger partial charge in [0.25, 0.3) is 0 Å². The Morgan fingerprint density at radius 3 is 2.64 bits per heavy atom. The van der Waals surface area contributed by atoms with E-state index in [-0.39, 0.29) is 18.4 Å². The fraction of sp³-hybridized carbons (Fsp3) is 0.118. The molecule has 1 aliphatic heterocycles. The van der Waals surface area contributed by atoms with Crippen molar-refractivity contribution in [1.82, 2.24) is 4.90 Å². The zero-order chi connectivity index (χ0) is 15.7. The van der Waals surface area contributed by atoms with Crippen molar-refractivity contribution < 1.29 is 9.18 Å². The van der Waals surface area contributed by atoms with Crippen LogP contribution < -0.4 is 5.73 Å². The number of nitrogens with zero attached hydrogens (tertiary/aromatic N) is 1. The molecular formula is C17H14ClFN2O. The number of hydrogen-bond donors (Lipinski definition) is 1. The highest BCUT2D eigenvalue weighted by molar-refractivity contribution is 6.30. The first-order valence-corrected chi connectivity index (χ1v) is 7.21. The largest absolute Gasteiger partial charge is 0.351 e. The smallest absolute Gasteiger partial charge is 0.315 e. The van der Waals surface area contributed by atoms with Gasteiger partial charge in [0.05, 0.1) is 6.04 Å². The molecule has 2 N–H and O–H groups in total. The number of rotatable bonds is 2. The Morgan fingerprint density at radius 2 is 1.95 bits per heavy atom. The molecule has 0 saturated carbocycles. The van der Waals surface area contributed by atoms with Crippen molar-refractivity contribution in [3.8, 4) is 0 Å². The number of hydrogen-bond acceptors (Lipinski definition) is 1. The molecule has 1 atom stereocenters. The Balaban J connectivity index is 2.03. The maximum absolute atomic E-state index is 14.0. The van der Waals surface area contributed by atoms with Crippen molar-refractivity contribution >= 4 is 23.2 Å². The molecule has 5 heteroatoms. The van der Waals surface area contributed by atoms with Crippen LogP contribution in [0.1, 0.15) is 17.2 Å². The van der Waals surface area contributed by atoms with Crippen LogP contribution in [0.15, 0.2) is 54.6 Å². The lowest BCUT2D eigenvalue weighted by Crippen LogP contribution is -2.36. The zero-order valence-corrected chi connectivity index (χ0v) is 12.4. The Bertz CT molecular complexity index is 746. The van der Waals surface area contributed by atoms with Gasteiger partial charge in [-0.05, 0) is 29.3 Å². The van der Waals surface area contributed by atoms with Crippen molar-refractivity contribution in [2.24, 2.45) is 5.73 Å². The Labute approximate surface area is 132 Å². The molecule has 2 aromatic rings. The van der Waals surface area contributed by atoms with Crippen molar-refractivity contribution in [1.29, 1.82) is 0 Å². The van der Waals surface area contributed by atoms with E-state index in [0.717, 1.165) is 5.56 Å². The average Bonchev–Trinajstić information content (AvgIpc) is 2.96. The molecular weight excluding hydrogens is 303 g/mol. The van der Waals surface area contributed by atoms with Crippen LogP contribution in [0.3, 0.4) is 0 Å². The first-order valence-electron chi connectivity index (χ1n) is 6.83. The van der Waals surface area contributed by atoms with Crippen LogP contribution in [0.5, 0.6) is 0 Å². The van der Waals surface area contributed by atoms with E-state index in [0.29, 0.717) is 16.2 Å². The van der Waals surface area contributed by atoms with Gasteiger partial charge in [0.2, 0.25) is 0 Å². The SMILES string of the molecule is NC(=O)N1CC(c2cc(Cl)ccc2F)=CC1c1ccccc1. The lowest BCUT2D eigenvalue weighted by Gasteiger charge is -2.22. The third kappa shape index (κ3) is 2.70. The second-order valence-corrected chi connectivity index (χ2v) is 5.57. The molecule has 1 unspecified atom stereocenters. The highest BCUT2D eigenvalue weighted by atomic mass is 35.5. The van der Waals surface area contributed by atoms with Gasteiger partial charge in [-0.15, -0.1) is 0 Å². The van der Waals surface area contributed by atoms with Crippen LogP contribution in [0.25, 0.3) is 5.57 Å². The van der Waals surface area contributed by atoms with E-state index < -0.39 is 6.03 Å². The van der Waals surface area contributed by atoms with E-state index in [2.05, 4.69) is 0 Å². The van der Waals surface area contributed by atoms with Crippen molar-refractivity contribution in [3.63, 3.8) is 0 Å². The van der Waals surface area contributed by atoms with Crippen molar-refractivity contribution in [3.05, 3.63) is 76.6 Å². The summed E-state index contributed by atoms with van der Waals surface area (Å²) in [5, 5.41) is 0.450. The molecule has 0 aromatic heterocycles. The molecule has 2 aromatic carbocycles. The minimum absolute atomic E-state index is 0.256. The van der Waals surface area contributed by atoms with Gasteiger partial charge in [0.15, 0.2) is 0 Å². The molecule has 1 heterocycles. The molecule has 2 amide bonds. The third-order valence-electron chi connectivity index (χ3n) is 3.73. The lowest BCUT2D eigenvalue weighted by atomic mass is 10.0. The van der Waals surface area contributed by atoms with Crippen LogP contribution in [0.2, 0.25) is 5.02 Å². The number of amides is 2. The zero-order valence-electron chi connectivity index (χ0n) is 11.7. The molecule has 1 aliphatic rings. The predicted octanol–water partition coefficient (Wildman–Crippen LogP) is 4.00. The summed E-state index contributed by atoms with van der Waals surface area (Å²) < 4.78 is 14.0. The van der Waals surface area contributed by atoms with Gasteiger partial charge in [0, 0.05) is 17.1 Å². The van der Waals surface area contributed by atoms with E-state index in [4.69, 9.17) is 17.3 Å². The second kappa shape index (κ2) is 5.81. The Hall–Kier alpha value is -2.33. The fourth-order valence-electron chi connectivity index (χ4n) is 2.68. The summed E-state index contributed by atoms with van der Waals surface area (Å²) in [6.45, 7) is 0.256. The quantitative estimate of drug-likeness (QED) is 0.894. The topological polar surface area (TPSA) is 46.3 Å². The van der Waals surface area contributed by atoms with Gasteiger partial charge in [0.1, 0.15) is 5.82 Å². The van der Waals surface area contributed by atoms with E-state index in [1.165, 1.54) is 17.0 Å². The van der Waals surface area contributed by atoms with Crippen molar-refractivity contribution in [2.45, 2.75) is 6.04 Å². The summed E-state index contributed by atoms with van der Waals surface area (Å²) in [5.41, 5.74) is 7.50. The molecule has 3 nitrogen and oxygen atoms in total. The minimum atomic E-state index is -0.539. The van der Waals surface area contributed by atoms with Crippen LogP contribution in [-0.2, 0) is 0 Å². The van der Waals surface area contributed by atoms with E-state index >= 15 is 0 Å². The molecule has 0 fully saturated rings. The van der Waals surface area contributed by atoms with Gasteiger partial charge in [-0.1, -0.05) is 48.0 Å². The van der Waals surface area contributed by atoms with Gasteiger partial charge in [-0.3, -0.25) is 0 Å². The molecule has 0 spiro atoms. The number of carbonyl (C=O) groups is 1. The molecule has 22 heavy (non-hydrogen) atoms. The highest BCUT2D eigenvalue weighted by Crippen LogP contribution is 2.35. The molecule has 0 bridgehead atoms. The van der Waals surface area contributed by atoms with Crippen LogP contribution in [0, 0.1) is 5.82 Å². The number of urea groups is 1. The van der Waals surface area contributed by atoms with Gasteiger partial charge in [-0.25, -0.2) is 9.18 Å². The first-order chi connectivity index (χ1) is 10.6. The molecule has 0 radical (unpaired) electrons. The Kier molecular flexibility index (Phi) is 3.86. The van der Waals surface area contributed by atoms with Crippen molar-refractivity contribution in [2.75, 3.05) is 6.54 Å². The Morgan fingerprint density at radius 1 is 1.23 bits per heavy atom. The van der Waals surface area contributed by atoms with E-state index in [9.17, 15) is 9.18 Å². The summed E-state index contributed by atoms with van der Waals surface area (Å²) in [4.78, 5) is 13.2. The lowest BCUT2D eigenvalue weighted by molar-refractivity contribution is 0.207. The number of primary amides is 1. The maximum atomic E-state index is 14.0. The molecule has 0 aliphatic carbocycles. The first kappa shape index (κ1) is 14.6. The van der Waals surface area contributed by atoms with Crippen LogP contribution >= 0.6 is 11.6 Å². The summed E-state index contributed by atoms with van der Waals surface area (Å²) in [6.07, 6.45) is 1.86. The average molecular weight is 317 g/mol. The van der Waals surface area contributed by atoms with Gasteiger partial charge >= 0.3 is 6.03 Å². The van der Waals surface area contributed by atoms with Gasteiger partial charge in [-0.2, -0.15) is 0 Å². The van der Waals surface area contributed by atoms with Crippen LogP contribution in [0.4, 0.5) is 9.18 Å². The second-order valence-electron chi connectivity index (χ2n) is 5.14. The molecule has 3 rings (SSSR count). The number of halogens is 2. The summed E-state index contributed by atoms with van der Waals surface area (Å²) in [7, 11) is 0.